The summed E-state index contributed by atoms with van der Waals surface area (Å²) in [6, 6.07) is 22.3. The van der Waals surface area contributed by atoms with E-state index in [0.29, 0.717) is 6.42 Å². The number of hydrogen-bond donors (Lipinski definition) is 1. The predicted octanol–water partition coefficient (Wildman–Crippen LogP) is 5.44. The van der Waals surface area contributed by atoms with E-state index < -0.39 is 6.10 Å². The molecule has 3 heteroatoms. The van der Waals surface area contributed by atoms with Crippen LogP contribution in [-0.4, -0.2) is 12.0 Å². The van der Waals surface area contributed by atoms with E-state index in [1.807, 2.05) is 56.3 Å². The molecule has 3 nitrogen and oxygen atoms in total. The Morgan fingerprint density at radius 2 is 1.67 bits per heavy atom. The van der Waals surface area contributed by atoms with E-state index in [1.54, 1.807) is 0 Å². The standard InChI is InChI=1S/C24H27NO2/c1-4-18-13-15-19(16-14-18)17(3)25-24(26)22(5-2)27-23-12-8-10-20-9-6-7-11-21(20)23/h6-17,22H,4-5H2,1-3H3,(H,25,26)/t17-,22+/m0/s1. The van der Waals surface area contributed by atoms with Crippen molar-refractivity contribution in [3.8, 4) is 5.75 Å². The Morgan fingerprint density at radius 3 is 2.37 bits per heavy atom. The molecule has 0 saturated carbocycles. The molecular weight excluding hydrogens is 334 g/mol. The van der Waals surface area contributed by atoms with Crippen LogP contribution >= 0.6 is 0 Å². The van der Waals surface area contributed by atoms with Gasteiger partial charge in [0, 0.05) is 5.39 Å². The van der Waals surface area contributed by atoms with Gasteiger partial charge in [-0.3, -0.25) is 4.79 Å². The molecule has 0 aliphatic carbocycles. The van der Waals surface area contributed by atoms with E-state index in [2.05, 4.69) is 36.5 Å². The lowest BCUT2D eigenvalue weighted by Gasteiger charge is -2.21. The van der Waals surface area contributed by atoms with Crippen LogP contribution in [0.15, 0.2) is 66.7 Å². The molecule has 0 bridgehead atoms. The fourth-order valence-electron chi connectivity index (χ4n) is 3.21. The van der Waals surface area contributed by atoms with E-state index in [1.165, 1.54) is 5.56 Å². The van der Waals surface area contributed by atoms with Crippen molar-refractivity contribution in [3.63, 3.8) is 0 Å². The average Bonchev–Trinajstić information content (AvgIpc) is 2.72. The maximum absolute atomic E-state index is 12.8. The van der Waals surface area contributed by atoms with Crippen LogP contribution in [0, 0.1) is 0 Å². The molecule has 0 saturated heterocycles. The first-order valence-corrected chi connectivity index (χ1v) is 9.66. The van der Waals surface area contributed by atoms with Gasteiger partial charge in [0.1, 0.15) is 5.75 Å². The Labute approximate surface area is 161 Å². The molecule has 0 unspecified atom stereocenters. The quantitative estimate of drug-likeness (QED) is 0.609. The number of nitrogens with one attached hydrogen (secondary N) is 1. The lowest BCUT2D eigenvalue weighted by atomic mass is 10.0. The molecule has 0 aromatic heterocycles. The van der Waals surface area contributed by atoms with Gasteiger partial charge in [-0.1, -0.05) is 74.5 Å². The SMILES string of the molecule is CCc1ccc([C@H](C)NC(=O)[C@@H](CC)Oc2cccc3ccccc23)cc1. The molecule has 3 aromatic carbocycles. The first-order valence-electron chi connectivity index (χ1n) is 9.66. The average molecular weight is 361 g/mol. The van der Waals surface area contributed by atoms with Gasteiger partial charge in [0.2, 0.25) is 0 Å². The van der Waals surface area contributed by atoms with Gasteiger partial charge in [0.15, 0.2) is 6.10 Å². The van der Waals surface area contributed by atoms with Crippen LogP contribution in [0.2, 0.25) is 0 Å². The minimum atomic E-state index is -0.520. The van der Waals surface area contributed by atoms with Gasteiger partial charge in [-0.15, -0.1) is 0 Å². The fourth-order valence-corrected chi connectivity index (χ4v) is 3.21. The van der Waals surface area contributed by atoms with Gasteiger partial charge < -0.3 is 10.1 Å². The molecular formula is C24H27NO2. The summed E-state index contributed by atoms with van der Waals surface area (Å²) in [6.45, 7) is 6.11. The topological polar surface area (TPSA) is 38.3 Å². The number of carbonyl (C=O) groups excluding carboxylic acids is 1. The second-order valence-corrected chi connectivity index (χ2v) is 6.82. The van der Waals surface area contributed by atoms with Gasteiger partial charge in [-0.25, -0.2) is 0 Å². The molecule has 27 heavy (non-hydrogen) atoms. The maximum Gasteiger partial charge on any atom is 0.261 e. The largest absolute Gasteiger partial charge is 0.480 e. The first kappa shape index (κ1) is 19.0. The Balaban J connectivity index is 1.71. The number of aryl methyl sites for hydroxylation is 1. The summed E-state index contributed by atoms with van der Waals surface area (Å²) in [5.74, 6) is 0.660. The Morgan fingerprint density at radius 1 is 0.963 bits per heavy atom. The van der Waals surface area contributed by atoms with Crippen LogP contribution in [0.3, 0.4) is 0 Å². The van der Waals surface area contributed by atoms with Crippen LogP contribution in [0.5, 0.6) is 5.75 Å². The third-order valence-corrected chi connectivity index (χ3v) is 4.93. The van der Waals surface area contributed by atoms with Crippen LogP contribution < -0.4 is 10.1 Å². The lowest BCUT2D eigenvalue weighted by Crippen LogP contribution is -2.39. The van der Waals surface area contributed by atoms with Gasteiger partial charge in [0.25, 0.3) is 5.91 Å². The zero-order valence-electron chi connectivity index (χ0n) is 16.2. The molecule has 0 heterocycles. The minimum absolute atomic E-state index is 0.0615. The molecule has 0 aliphatic rings. The van der Waals surface area contributed by atoms with Crippen molar-refractivity contribution in [2.24, 2.45) is 0 Å². The van der Waals surface area contributed by atoms with Crippen LogP contribution in [0.1, 0.15) is 44.4 Å². The van der Waals surface area contributed by atoms with E-state index in [0.717, 1.165) is 28.5 Å². The molecule has 0 spiro atoms. The highest BCUT2D eigenvalue weighted by Crippen LogP contribution is 2.26. The molecule has 3 rings (SSSR count). The van der Waals surface area contributed by atoms with Gasteiger partial charge >= 0.3 is 0 Å². The highest BCUT2D eigenvalue weighted by Gasteiger charge is 2.21. The van der Waals surface area contributed by atoms with E-state index in [9.17, 15) is 4.79 Å². The maximum atomic E-state index is 12.8. The van der Waals surface area contributed by atoms with Gasteiger partial charge in [0.05, 0.1) is 6.04 Å². The predicted molar refractivity (Wildman–Crippen MR) is 111 cm³/mol. The normalized spacial score (nSPS) is 13.1. The van der Waals surface area contributed by atoms with E-state index >= 15 is 0 Å². The van der Waals surface area contributed by atoms with Gasteiger partial charge in [-0.2, -0.15) is 0 Å². The lowest BCUT2D eigenvalue weighted by molar-refractivity contribution is -0.128. The van der Waals surface area contributed by atoms with Crippen molar-refractivity contribution in [3.05, 3.63) is 77.9 Å². The summed E-state index contributed by atoms with van der Waals surface area (Å²) in [5.41, 5.74) is 2.39. The Kier molecular flexibility index (Phi) is 6.12. The van der Waals surface area contributed by atoms with Crippen molar-refractivity contribution < 1.29 is 9.53 Å². The number of carbonyl (C=O) groups is 1. The summed E-state index contributed by atoms with van der Waals surface area (Å²) in [5, 5.41) is 5.22. The molecule has 0 aliphatic heterocycles. The number of fused-ring (bicyclic) bond motifs is 1. The number of amides is 1. The zero-order valence-corrected chi connectivity index (χ0v) is 16.2. The minimum Gasteiger partial charge on any atom is -0.480 e. The third kappa shape index (κ3) is 4.48. The summed E-state index contributed by atoms with van der Waals surface area (Å²) in [7, 11) is 0. The van der Waals surface area contributed by atoms with Crippen molar-refractivity contribution in [2.45, 2.75) is 45.8 Å². The molecule has 2 atom stereocenters. The van der Waals surface area contributed by atoms with Crippen molar-refractivity contribution in [1.29, 1.82) is 0 Å². The van der Waals surface area contributed by atoms with Crippen molar-refractivity contribution in [2.75, 3.05) is 0 Å². The van der Waals surface area contributed by atoms with Crippen molar-refractivity contribution >= 4 is 16.7 Å². The molecule has 3 aromatic rings. The molecule has 0 radical (unpaired) electrons. The van der Waals surface area contributed by atoms with E-state index in [4.69, 9.17) is 4.74 Å². The summed E-state index contributed by atoms with van der Waals surface area (Å²) in [4.78, 5) is 12.8. The van der Waals surface area contributed by atoms with Crippen LogP contribution in [0.25, 0.3) is 10.8 Å². The number of hydrogen-bond acceptors (Lipinski definition) is 2. The Bertz CT molecular complexity index is 896. The fraction of sp³-hybridized carbons (Fsp3) is 0.292. The second-order valence-electron chi connectivity index (χ2n) is 6.82. The van der Waals surface area contributed by atoms with Crippen molar-refractivity contribution in [1.82, 2.24) is 5.32 Å². The van der Waals surface area contributed by atoms with Crippen LogP contribution in [0.4, 0.5) is 0 Å². The molecule has 1 N–H and O–H groups in total. The van der Waals surface area contributed by atoms with Gasteiger partial charge in [-0.05, 0) is 42.3 Å². The molecule has 140 valence electrons. The smallest absolute Gasteiger partial charge is 0.261 e. The summed E-state index contributed by atoms with van der Waals surface area (Å²) < 4.78 is 6.10. The summed E-state index contributed by atoms with van der Waals surface area (Å²) >= 11 is 0. The number of ether oxygens (including phenoxy) is 1. The van der Waals surface area contributed by atoms with Crippen LogP contribution in [-0.2, 0) is 11.2 Å². The number of rotatable bonds is 7. The zero-order chi connectivity index (χ0) is 19.2. The third-order valence-electron chi connectivity index (χ3n) is 4.93. The highest BCUT2D eigenvalue weighted by molar-refractivity contribution is 5.89. The second kappa shape index (κ2) is 8.72. The number of benzene rings is 3. The summed E-state index contributed by atoms with van der Waals surface area (Å²) in [6.07, 6.45) is 1.10. The molecule has 1 amide bonds. The van der Waals surface area contributed by atoms with E-state index in [-0.39, 0.29) is 11.9 Å². The highest BCUT2D eigenvalue weighted by atomic mass is 16.5. The Hall–Kier alpha value is -2.81. The first-order chi connectivity index (χ1) is 13.1. The molecule has 0 fully saturated rings. The monoisotopic (exact) mass is 361 g/mol.